The van der Waals surface area contributed by atoms with E-state index in [-0.39, 0.29) is 17.9 Å². The monoisotopic (exact) mass is 381 g/mol. The summed E-state index contributed by atoms with van der Waals surface area (Å²) in [6, 6.07) is 2.29. The smallest absolute Gasteiger partial charge is 0.407 e. The van der Waals surface area contributed by atoms with E-state index in [2.05, 4.69) is 32.4 Å². The van der Waals surface area contributed by atoms with Crippen LogP contribution >= 0.6 is 11.3 Å². The van der Waals surface area contributed by atoms with Gasteiger partial charge in [0.2, 0.25) is 5.91 Å². The van der Waals surface area contributed by atoms with E-state index in [0.29, 0.717) is 19.0 Å². The van der Waals surface area contributed by atoms with Gasteiger partial charge in [0.25, 0.3) is 0 Å². The second-order valence-corrected chi connectivity index (χ2v) is 8.98. The number of thiophene rings is 1. The van der Waals surface area contributed by atoms with Gasteiger partial charge in [-0.05, 0) is 76.0 Å². The Hall–Kier alpha value is -1.60. The SMILES string of the molecule is CN(C)C(CNC(=O)C1CC(CNC(=O)OC(C)(C)C)C1)c1ccsc1. The number of nitrogens with one attached hydrogen (secondary N) is 2. The topological polar surface area (TPSA) is 70.7 Å². The Balaban J connectivity index is 1.67. The molecule has 0 bridgehead atoms. The van der Waals surface area contributed by atoms with Gasteiger partial charge in [0.15, 0.2) is 0 Å². The zero-order valence-corrected chi connectivity index (χ0v) is 17.2. The van der Waals surface area contributed by atoms with Crippen molar-refractivity contribution < 1.29 is 14.3 Å². The van der Waals surface area contributed by atoms with E-state index >= 15 is 0 Å². The minimum atomic E-state index is -0.489. The lowest BCUT2D eigenvalue weighted by Gasteiger charge is -2.35. The number of carbonyl (C=O) groups is 2. The van der Waals surface area contributed by atoms with Crippen LogP contribution in [0, 0.1) is 11.8 Å². The van der Waals surface area contributed by atoms with Gasteiger partial charge >= 0.3 is 6.09 Å². The normalized spacial score (nSPS) is 21.0. The molecular weight excluding hydrogens is 350 g/mol. The predicted molar refractivity (Wildman–Crippen MR) is 104 cm³/mol. The van der Waals surface area contributed by atoms with Crippen LogP contribution in [0.4, 0.5) is 4.79 Å². The fourth-order valence-corrected chi connectivity index (χ4v) is 3.77. The maximum Gasteiger partial charge on any atom is 0.407 e. The average molecular weight is 382 g/mol. The Kier molecular flexibility index (Phi) is 7.06. The van der Waals surface area contributed by atoms with Crippen LogP contribution in [0.5, 0.6) is 0 Å². The summed E-state index contributed by atoms with van der Waals surface area (Å²) in [4.78, 5) is 26.1. The summed E-state index contributed by atoms with van der Waals surface area (Å²) in [5.74, 6) is 0.506. The molecule has 0 aliphatic heterocycles. The average Bonchev–Trinajstić information content (AvgIpc) is 2.97. The number of carbonyl (C=O) groups excluding carboxylic acids is 2. The number of rotatable bonds is 7. The molecule has 0 spiro atoms. The molecule has 1 unspecified atom stereocenters. The zero-order valence-electron chi connectivity index (χ0n) is 16.4. The first-order valence-electron chi connectivity index (χ1n) is 9.09. The molecule has 1 atom stereocenters. The number of likely N-dealkylation sites (N-methyl/N-ethyl adjacent to an activating group) is 1. The van der Waals surface area contributed by atoms with Crippen LogP contribution in [-0.2, 0) is 9.53 Å². The van der Waals surface area contributed by atoms with Gasteiger partial charge in [0, 0.05) is 19.0 Å². The van der Waals surface area contributed by atoms with Gasteiger partial charge in [-0.1, -0.05) is 0 Å². The molecule has 2 amide bonds. The summed E-state index contributed by atoms with van der Waals surface area (Å²) < 4.78 is 5.22. The van der Waals surface area contributed by atoms with Crippen LogP contribution in [0.15, 0.2) is 16.8 Å². The highest BCUT2D eigenvalue weighted by atomic mass is 32.1. The molecule has 146 valence electrons. The molecule has 1 heterocycles. The van der Waals surface area contributed by atoms with E-state index in [4.69, 9.17) is 4.74 Å². The van der Waals surface area contributed by atoms with Crippen molar-refractivity contribution in [2.24, 2.45) is 11.8 Å². The number of hydrogen-bond acceptors (Lipinski definition) is 5. The lowest BCUT2D eigenvalue weighted by atomic mass is 9.74. The highest BCUT2D eigenvalue weighted by Gasteiger charge is 2.35. The highest BCUT2D eigenvalue weighted by Crippen LogP contribution is 2.33. The van der Waals surface area contributed by atoms with E-state index in [9.17, 15) is 9.59 Å². The van der Waals surface area contributed by atoms with Gasteiger partial charge in [-0.25, -0.2) is 4.79 Å². The standard InChI is InChI=1S/C19H31N3O3S/c1-19(2,3)25-18(24)21-10-13-8-15(9-13)17(23)20-11-16(22(4)5)14-6-7-26-12-14/h6-7,12-13,15-16H,8-11H2,1-5H3,(H,20,23)(H,21,24). The van der Waals surface area contributed by atoms with Crippen molar-refractivity contribution >= 4 is 23.3 Å². The molecule has 2 rings (SSSR count). The van der Waals surface area contributed by atoms with Crippen LogP contribution < -0.4 is 10.6 Å². The van der Waals surface area contributed by atoms with E-state index in [0.717, 1.165) is 12.8 Å². The van der Waals surface area contributed by atoms with Gasteiger partial charge < -0.3 is 20.3 Å². The largest absolute Gasteiger partial charge is 0.444 e. The molecule has 1 aromatic heterocycles. The second kappa shape index (κ2) is 8.86. The Labute approximate surface area is 160 Å². The molecule has 1 aromatic rings. The van der Waals surface area contributed by atoms with Crippen molar-refractivity contribution in [1.29, 1.82) is 0 Å². The fourth-order valence-electron chi connectivity index (χ4n) is 3.06. The highest BCUT2D eigenvalue weighted by molar-refractivity contribution is 7.07. The molecule has 1 aliphatic rings. The quantitative estimate of drug-likeness (QED) is 0.762. The summed E-state index contributed by atoms with van der Waals surface area (Å²) in [5, 5.41) is 10.0. The van der Waals surface area contributed by atoms with Gasteiger partial charge in [-0.3, -0.25) is 4.79 Å². The Bertz CT molecular complexity index is 590. The Morgan fingerprint density at radius 3 is 2.54 bits per heavy atom. The molecule has 2 N–H and O–H groups in total. The van der Waals surface area contributed by atoms with Crippen LogP contribution in [-0.4, -0.2) is 49.7 Å². The lowest BCUT2D eigenvalue weighted by Crippen LogP contribution is -2.45. The summed E-state index contributed by atoms with van der Waals surface area (Å²) in [6.07, 6.45) is 1.23. The predicted octanol–water partition coefficient (Wildman–Crippen LogP) is 3.02. The van der Waals surface area contributed by atoms with Gasteiger partial charge in [0.05, 0.1) is 6.04 Å². The molecule has 6 nitrogen and oxygen atoms in total. The van der Waals surface area contributed by atoms with Crippen molar-refractivity contribution in [2.45, 2.75) is 45.3 Å². The maximum atomic E-state index is 12.4. The third kappa shape index (κ3) is 6.29. The van der Waals surface area contributed by atoms with Gasteiger partial charge in [-0.2, -0.15) is 11.3 Å². The van der Waals surface area contributed by atoms with Crippen molar-refractivity contribution in [3.63, 3.8) is 0 Å². The fraction of sp³-hybridized carbons (Fsp3) is 0.684. The number of hydrogen-bond donors (Lipinski definition) is 2. The first-order valence-corrected chi connectivity index (χ1v) is 10.0. The molecule has 1 saturated carbocycles. The molecule has 0 aromatic carbocycles. The second-order valence-electron chi connectivity index (χ2n) is 8.20. The molecule has 7 heteroatoms. The van der Waals surface area contributed by atoms with Crippen LogP contribution in [0.2, 0.25) is 0 Å². The van der Waals surface area contributed by atoms with Crippen LogP contribution in [0.3, 0.4) is 0 Å². The molecule has 1 aliphatic carbocycles. The Morgan fingerprint density at radius 2 is 2.00 bits per heavy atom. The summed E-state index contributed by atoms with van der Waals surface area (Å²) >= 11 is 1.67. The molecule has 1 fully saturated rings. The summed E-state index contributed by atoms with van der Waals surface area (Å²) in [5.41, 5.74) is 0.741. The van der Waals surface area contributed by atoms with Crippen molar-refractivity contribution in [1.82, 2.24) is 15.5 Å². The van der Waals surface area contributed by atoms with Gasteiger partial charge in [0.1, 0.15) is 5.60 Å². The minimum Gasteiger partial charge on any atom is -0.444 e. The van der Waals surface area contributed by atoms with Crippen LogP contribution in [0.25, 0.3) is 0 Å². The minimum absolute atomic E-state index is 0.0470. The van der Waals surface area contributed by atoms with Crippen LogP contribution in [0.1, 0.15) is 45.2 Å². The first kappa shape index (κ1) is 20.7. The molecule has 0 saturated heterocycles. The van der Waals surface area contributed by atoms with E-state index in [1.54, 1.807) is 11.3 Å². The lowest BCUT2D eigenvalue weighted by molar-refractivity contribution is -0.129. The number of ether oxygens (including phenoxy) is 1. The maximum absolute atomic E-state index is 12.4. The van der Waals surface area contributed by atoms with E-state index in [1.807, 2.05) is 34.9 Å². The number of nitrogens with zero attached hydrogens (tertiary/aromatic N) is 1. The Morgan fingerprint density at radius 1 is 1.31 bits per heavy atom. The molecule has 0 radical (unpaired) electrons. The summed E-state index contributed by atoms with van der Waals surface area (Å²) in [7, 11) is 4.05. The van der Waals surface area contributed by atoms with E-state index < -0.39 is 11.7 Å². The van der Waals surface area contributed by atoms with E-state index in [1.165, 1.54) is 5.56 Å². The molecular formula is C19H31N3O3S. The number of alkyl carbamates (subject to hydrolysis) is 1. The van der Waals surface area contributed by atoms with Crippen molar-refractivity contribution in [3.05, 3.63) is 22.4 Å². The summed E-state index contributed by atoms with van der Waals surface area (Å²) in [6.45, 7) is 6.70. The van der Waals surface area contributed by atoms with Crippen molar-refractivity contribution in [3.8, 4) is 0 Å². The third-order valence-corrected chi connectivity index (χ3v) is 5.26. The zero-order chi connectivity index (χ0) is 19.3. The van der Waals surface area contributed by atoms with Gasteiger partial charge in [-0.15, -0.1) is 0 Å². The first-order chi connectivity index (χ1) is 12.2. The van der Waals surface area contributed by atoms with Crippen molar-refractivity contribution in [2.75, 3.05) is 27.2 Å². The number of amides is 2. The third-order valence-electron chi connectivity index (χ3n) is 4.56. The molecule has 26 heavy (non-hydrogen) atoms.